The van der Waals surface area contributed by atoms with E-state index in [4.69, 9.17) is 0 Å². The summed E-state index contributed by atoms with van der Waals surface area (Å²) in [5.74, 6) is 0.670. The van der Waals surface area contributed by atoms with Gasteiger partial charge in [-0.1, -0.05) is 112 Å². The van der Waals surface area contributed by atoms with E-state index in [1.165, 1.54) is 61.7 Å². The lowest BCUT2D eigenvalue weighted by atomic mass is 9.90. The molecule has 0 nitrogen and oxygen atoms in total. The van der Waals surface area contributed by atoms with Gasteiger partial charge in [-0.25, -0.2) is 0 Å². The number of hydrogen-bond acceptors (Lipinski definition) is 0. The molecule has 0 aromatic rings. The Morgan fingerprint density at radius 2 is 1.28 bits per heavy atom. The molecule has 0 fully saturated rings. The monoisotopic (exact) mass is 350 g/mol. The molecule has 0 saturated carbocycles. The van der Waals surface area contributed by atoms with E-state index in [2.05, 4.69) is 61.1 Å². The van der Waals surface area contributed by atoms with Crippen LogP contribution in [0.25, 0.3) is 0 Å². The second-order valence-electron chi connectivity index (χ2n) is 6.44. The molecule has 0 aromatic carbocycles. The molecule has 25 heavy (non-hydrogen) atoms. The lowest BCUT2D eigenvalue weighted by Crippen LogP contribution is -2.00. The maximum atomic E-state index is 3.96. The average molecular weight is 351 g/mol. The first kappa shape index (κ1) is 29.0. The van der Waals surface area contributed by atoms with Gasteiger partial charge in [0.1, 0.15) is 0 Å². The molecule has 0 saturated heterocycles. The zero-order valence-corrected chi connectivity index (χ0v) is 19.3. The summed E-state index contributed by atoms with van der Waals surface area (Å²) in [7, 11) is 0. The van der Waals surface area contributed by atoms with Gasteiger partial charge in [-0.2, -0.15) is 0 Å². The van der Waals surface area contributed by atoms with Crippen LogP contribution in [0, 0.1) is 5.92 Å². The largest absolute Gasteiger partial charge is 0.0988 e. The fourth-order valence-corrected chi connectivity index (χ4v) is 2.74. The van der Waals surface area contributed by atoms with Gasteiger partial charge in [0.15, 0.2) is 0 Å². The van der Waals surface area contributed by atoms with Crippen LogP contribution in [0.1, 0.15) is 120 Å². The lowest BCUT2D eigenvalue weighted by molar-refractivity contribution is 0.583. The summed E-state index contributed by atoms with van der Waals surface area (Å²) in [6.45, 7) is 23.7. The molecular weight excluding hydrogens is 300 g/mol. The second-order valence-corrected chi connectivity index (χ2v) is 6.44. The molecule has 0 N–H and O–H groups in total. The first-order valence-electron chi connectivity index (χ1n) is 11.1. The van der Waals surface area contributed by atoms with Crippen LogP contribution in [0.2, 0.25) is 0 Å². The predicted molar refractivity (Wildman–Crippen MR) is 121 cm³/mol. The molecule has 0 aromatic heterocycles. The third-order valence-corrected chi connectivity index (χ3v) is 4.70. The smallest absolute Gasteiger partial charge is 0.0167 e. The number of hydrogen-bond donors (Lipinski definition) is 0. The Labute approximate surface area is 161 Å². The van der Waals surface area contributed by atoms with E-state index in [1.54, 1.807) is 0 Å². The van der Waals surface area contributed by atoms with Gasteiger partial charge in [-0.3, -0.25) is 0 Å². The van der Waals surface area contributed by atoms with E-state index in [9.17, 15) is 0 Å². The normalized spacial score (nSPS) is 11.8. The lowest BCUT2D eigenvalue weighted by Gasteiger charge is -2.15. The molecule has 0 rings (SSSR count). The molecule has 0 atom stereocenters. The predicted octanol–water partition coefficient (Wildman–Crippen LogP) is 9.67. The van der Waals surface area contributed by atoms with Crippen LogP contribution >= 0.6 is 0 Å². The number of unbranched alkanes of at least 4 members (excludes halogenated alkanes) is 4. The molecule has 0 aliphatic heterocycles. The first-order chi connectivity index (χ1) is 12.1. The Kier molecular flexibility index (Phi) is 26.9. The van der Waals surface area contributed by atoms with E-state index in [0.29, 0.717) is 5.92 Å². The van der Waals surface area contributed by atoms with Crippen LogP contribution in [-0.2, 0) is 0 Å². The SMILES string of the molecule is C=C/C(=C\C(CC)=C(/C)CC)C(CC)CC.CC.CCCCCCC. The van der Waals surface area contributed by atoms with E-state index >= 15 is 0 Å². The third-order valence-electron chi connectivity index (χ3n) is 4.70. The Morgan fingerprint density at radius 3 is 1.56 bits per heavy atom. The molecule has 0 heteroatoms. The highest BCUT2D eigenvalue weighted by molar-refractivity contribution is 5.33. The fourth-order valence-electron chi connectivity index (χ4n) is 2.74. The summed E-state index contributed by atoms with van der Waals surface area (Å²) >= 11 is 0. The van der Waals surface area contributed by atoms with Gasteiger partial charge in [0, 0.05) is 0 Å². The van der Waals surface area contributed by atoms with Gasteiger partial charge in [-0.05, 0) is 49.7 Å². The van der Waals surface area contributed by atoms with Crippen molar-refractivity contribution in [2.24, 2.45) is 5.92 Å². The van der Waals surface area contributed by atoms with Crippen molar-refractivity contribution >= 4 is 0 Å². The van der Waals surface area contributed by atoms with Crippen molar-refractivity contribution in [2.75, 3.05) is 0 Å². The van der Waals surface area contributed by atoms with Gasteiger partial charge >= 0.3 is 0 Å². The third kappa shape index (κ3) is 16.4. The molecular formula is C25H50. The number of allylic oxidation sites excluding steroid dienone is 5. The van der Waals surface area contributed by atoms with Crippen molar-refractivity contribution < 1.29 is 0 Å². The molecule has 0 aliphatic rings. The second kappa shape index (κ2) is 23.2. The average Bonchev–Trinajstić information content (AvgIpc) is 2.67. The highest BCUT2D eigenvalue weighted by Gasteiger charge is 2.08. The summed E-state index contributed by atoms with van der Waals surface area (Å²) in [5, 5.41) is 0. The first-order valence-corrected chi connectivity index (χ1v) is 11.1. The minimum Gasteiger partial charge on any atom is -0.0988 e. The quantitative estimate of drug-likeness (QED) is 0.257. The summed E-state index contributed by atoms with van der Waals surface area (Å²) < 4.78 is 0. The van der Waals surface area contributed by atoms with Crippen LogP contribution in [0.15, 0.2) is 35.5 Å². The summed E-state index contributed by atoms with van der Waals surface area (Å²) in [4.78, 5) is 0. The van der Waals surface area contributed by atoms with Crippen LogP contribution in [-0.4, -0.2) is 0 Å². The Balaban J connectivity index is -0.000000450. The van der Waals surface area contributed by atoms with Gasteiger partial charge in [-0.15, -0.1) is 0 Å². The van der Waals surface area contributed by atoms with E-state index in [-0.39, 0.29) is 0 Å². The molecule has 150 valence electrons. The maximum Gasteiger partial charge on any atom is -0.0167 e. The van der Waals surface area contributed by atoms with Gasteiger partial charge < -0.3 is 0 Å². The van der Waals surface area contributed by atoms with E-state index in [1.807, 2.05) is 19.9 Å². The number of rotatable bonds is 11. The molecule has 0 unspecified atom stereocenters. The fraction of sp³-hybridized carbons (Fsp3) is 0.760. The zero-order chi connectivity index (χ0) is 20.1. The van der Waals surface area contributed by atoms with Crippen LogP contribution in [0.3, 0.4) is 0 Å². The summed E-state index contributed by atoms with van der Waals surface area (Å²) in [5.41, 5.74) is 4.41. The topological polar surface area (TPSA) is 0 Å². The van der Waals surface area contributed by atoms with E-state index in [0.717, 1.165) is 12.8 Å². The van der Waals surface area contributed by atoms with E-state index < -0.39 is 0 Å². The minimum absolute atomic E-state index is 0.670. The van der Waals surface area contributed by atoms with Crippen molar-refractivity contribution in [3.8, 4) is 0 Å². The Bertz CT molecular complexity index is 322. The minimum atomic E-state index is 0.670. The van der Waals surface area contributed by atoms with Crippen molar-refractivity contribution in [3.05, 3.63) is 35.5 Å². The maximum absolute atomic E-state index is 3.96. The summed E-state index contributed by atoms with van der Waals surface area (Å²) in [6.07, 6.45) is 16.1. The molecule has 0 amide bonds. The molecule has 0 spiro atoms. The van der Waals surface area contributed by atoms with Crippen LogP contribution in [0.5, 0.6) is 0 Å². The Morgan fingerprint density at radius 1 is 0.800 bits per heavy atom. The van der Waals surface area contributed by atoms with Gasteiger partial charge in [0.2, 0.25) is 0 Å². The van der Waals surface area contributed by atoms with Crippen molar-refractivity contribution in [1.82, 2.24) is 0 Å². The Hall–Kier alpha value is -0.780. The van der Waals surface area contributed by atoms with Gasteiger partial charge in [0.25, 0.3) is 0 Å². The zero-order valence-electron chi connectivity index (χ0n) is 19.3. The highest BCUT2D eigenvalue weighted by Crippen LogP contribution is 2.24. The van der Waals surface area contributed by atoms with Crippen LogP contribution < -0.4 is 0 Å². The standard InChI is InChI=1S/C16H28.C7H16.C2H6/c1-7-13(6)15(10-4)12-16(11-5)14(8-2)9-3;1-3-5-7-6-4-2;1-2/h11-12,14H,5,7-10H2,1-4,6H3;3-7H2,1-2H3;1-2H3/b15-13+,16-12+;;. The van der Waals surface area contributed by atoms with Crippen LogP contribution in [0.4, 0.5) is 0 Å². The molecule has 0 radical (unpaired) electrons. The van der Waals surface area contributed by atoms with Crippen molar-refractivity contribution in [2.45, 2.75) is 120 Å². The molecule has 0 aliphatic carbocycles. The van der Waals surface area contributed by atoms with Crippen molar-refractivity contribution in [3.63, 3.8) is 0 Å². The van der Waals surface area contributed by atoms with Gasteiger partial charge in [0.05, 0.1) is 0 Å². The highest BCUT2D eigenvalue weighted by atomic mass is 14.1. The summed E-state index contributed by atoms with van der Waals surface area (Å²) in [6, 6.07) is 0. The molecule has 0 heterocycles. The molecule has 0 bridgehead atoms. The van der Waals surface area contributed by atoms with Crippen molar-refractivity contribution in [1.29, 1.82) is 0 Å².